The van der Waals surface area contributed by atoms with Gasteiger partial charge >= 0.3 is 0 Å². The van der Waals surface area contributed by atoms with Crippen LogP contribution < -0.4 is 5.32 Å². The van der Waals surface area contributed by atoms with Gasteiger partial charge in [-0.05, 0) is 41.1 Å². The third kappa shape index (κ3) is 3.58. The van der Waals surface area contributed by atoms with Gasteiger partial charge in [0, 0.05) is 12.2 Å². The molecular weight excluding hydrogens is 341 g/mol. The summed E-state index contributed by atoms with van der Waals surface area (Å²) >= 11 is 2.25. The molecule has 0 atom stereocenters. The molecule has 5 heteroatoms. The maximum Gasteiger partial charge on any atom is 0.126 e. The summed E-state index contributed by atoms with van der Waals surface area (Å²) in [5, 5.41) is 7.62. The van der Waals surface area contributed by atoms with Crippen molar-refractivity contribution in [2.75, 3.05) is 0 Å². The van der Waals surface area contributed by atoms with Gasteiger partial charge in [0.25, 0.3) is 0 Å². The van der Waals surface area contributed by atoms with E-state index in [1.54, 1.807) is 0 Å². The number of nitrogens with one attached hydrogen (secondary N) is 1. The van der Waals surface area contributed by atoms with Gasteiger partial charge in [0.2, 0.25) is 0 Å². The van der Waals surface area contributed by atoms with E-state index in [1.165, 1.54) is 5.56 Å². The van der Waals surface area contributed by atoms with E-state index >= 15 is 0 Å². The Morgan fingerprint density at radius 2 is 2.28 bits per heavy atom. The number of nitrogens with zero attached hydrogens (tertiary/aromatic N) is 2. The summed E-state index contributed by atoms with van der Waals surface area (Å²) in [6.07, 6.45) is 3.85. The lowest BCUT2D eigenvalue weighted by molar-refractivity contribution is 0.420. The molecule has 2 aromatic heterocycles. The molecule has 98 valence electrons. The highest BCUT2D eigenvalue weighted by molar-refractivity contribution is 14.1. The maximum absolute atomic E-state index is 5.85. The van der Waals surface area contributed by atoms with Gasteiger partial charge in [-0.15, -0.1) is 0 Å². The van der Waals surface area contributed by atoms with Crippen molar-refractivity contribution in [3.05, 3.63) is 39.1 Å². The minimum atomic E-state index is 0.464. The summed E-state index contributed by atoms with van der Waals surface area (Å²) in [5.41, 5.74) is 1.19. The normalized spacial score (nSPS) is 11.4. The molecule has 2 rings (SSSR count). The van der Waals surface area contributed by atoms with Crippen LogP contribution in [0.25, 0.3) is 0 Å². The number of hydrogen-bond donors (Lipinski definition) is 1. The van der Waals surface area contributed by atoms with Crippen LogP contribution in [0.2, 0.25) is 0 Å². The molecule has 0 bridgehead atoms. The second-order valence-electron chi connectivity index (χ2n) is 4.71. The first kappa shape index (κ1) is 13.6. The molecule has 1 N–H and O–H groups in total. The van der Waals surface area contributed by atoms with Gasteiger partial charge < -0.3 is 9.73 Å². The van der Waals surface area contributed by atoms with Crippen LogP contribution >= 0.6 is 22.6 Å². The van der Waals surface area contributed by atoms with E-state index in [0.29, 0.717) is 12.6 Å². The zero-order chi connectivity index (χ0) is 13.1. The van der Waals surface area contributed by atoms with Crippen LogP contribution in [0.4, 0.5) is 0 Å². The predicted molar refractivity (Wildman–Crippen MR) is 79.5 cm³/mol. The molecule has 18 heavy (non-hydrogen) atoms. The molecule has 0 fully saturated rings. The lowest BCUT2D eigenvalue weighted by atomic mass is 10.2. The summed E-state index contributed by atoms with van der Waals surface area (Å²) in [5.74, 6) is 1.97. The third-order valence-corrected chi connectivity index (χ3v) is 3.22. The summed E-state index contributed by atoms with van der Waals surface area (Å²) in [4.78, 5) is 0. The van der Waals surface area contributed by atoms with Crippen LogP contribution in [0.3, 0.4) is 0 Å². The molecule has 0 radical (unpaired) electrons. The molecule has 0 aliphatic carbocycles. The van der Waals surface area contributed by atoms with Crippen molar-refractivity contribution in [1.29, 1.82) is 0 Å². The van der Waals surface area contributed by atoms with Crippen molar-refractivity contribution < 1.29 is 4.42 Å². The number of aryl methyl sites for hydroxylation is 1. The van der Waals surface area contributed by atoms with Gasteiger partial charge in [-0.3, -0.25) is 4.68 Å². The van der Waals surface area contributed by atoms with E-state index in [1.807, 2.05) is 17.1 Å². The van der Waals surface area contributed by atoms with Crippen molar-refractivity contribution in [1.82, 2.24) is 15.1 Å². The fourth-order valence-electron chi connectivity index (χ4n) is 1.72. The van der Waals surface area contributed by atoms with Crippen molar-refractivity contribution in [2.24, 2.45) is 0 Å². The largest absolute Gasteiger partial charge is 0.462 e. The van der Waals surface area contributed by atoms with Crippen LogP contribution in [-0.2, 0) is 13.1 Å². The number of furan rings is 1. The average Bonchev–Trinajstić information content (AvgIpc) is 2.83. The number of halogens is 1. The molecule has 0 aromatic carbocycles. The zero-order valence-corrected chi connectivity index (χ0v) is 13.1. The van der Waals surface area contributed by atoms with Gasteiger partial charge in [-0.2, -0.15) is 5.10 Å². The Balaban J connectivity index is 2.04. The van der Waals surface area contributed by atoms with Crippen molar-refractivity contribution in [3.63, 3.8) is 0 Å². The fourth-order valence-corrected chi connectivity index (χ4v) is 2.17. The molecule has 0 saturated heterocycles. The Labute approximate surface area is 121 Å². The van der Waals surface area contributed by atoms with E-state index in [4.69, 9.17) is 4.42 Å². The molecule has 2 aromatic rings. The molecule has 2 heterocycles. The SMILES string of the molecule is Cc1cc(Cn2cc(I)cn2)oc1CNC(C)C. The Bertz CT molecular complexity index is 516. The lowest BCUT2D eigenvalue weighted by Crippen LogP contribution is -2.21. The fraction of sp³-hybridized carbons (Fsp3) is 0.462. The Hall–Kier alpha value is -0.820. The second kappa shape index (κ2) is 5.88. The molecule has 0 saturated carbocycles. The van der Waals surface area contributed by atoms with E-state index in [2.05, 4.69) is 59.8 Å². The minimum Gasteiger partial charge on any atom is -0.462 e. The Morgan fingerprint density at radius 3 is 2.89 bits per heavy atom. The van der Waals surface area contributed by atoms with Gasteiger partial charge in [-0.1, -0.05) is 13.8 Å². The third-order valence-electron chi connectivity index (χ3n) is 2.66. The minimum absolute atomic E-state index is 0.464. The first-order valence-corrected chi connectivity index (χ1v) is 7.12. The highest BCUT2D eigenvalue weighted by atomic mass is 127. The Morgan fingerprint density at radius 1 is 1.50 bits per heavy atom. The maximum atomic E-state index is 5.85. The second-order valence-corrected chi connectivity index (χ2v) is 5.96. The standard InChI is InChI=1S/C13H18IN3O/c1-9(2)15-6-13-10(3)4-12(18-13)8-17-7-11(14)5-16-17/h4-5,7,9,15H,6,8H2,1-3H3. The van der Waals surface area contributed by atoms with Crippen LogP contribution in [0.1, 0.15) is 30.9 Å². The Kier molecular flexibility index (Phi) is 4.45. The smallest absolute Gasteiger partial charge is 0.126 e. The zero-order valence-electron chi connectivity index (χ0n) is 10.9. The van der Waals surface area contributed by atoms with Crippen molar-refractivity contribution in [2.45, 2.75) is 39.9 Å². The first-order chi connectivity index (χ1) is 8.54. The van der Waals surface area contributed by atoms with E-state index < -0.39 is 0 Å². The number of aromatic nitrogens is 2. The number of rotatable bonds is 5. The van der Waals surface area contributed by atoms with Crippen LogP contribution in [-0.4, -0.2) is 15.8 Å². The van der Waals surface area contributed by atoms with Gasteiger partial charge in [0.05, 0.1) is 22.9 Å². The monoisotopic (exact) mass is 359 g/mol. The topological polar surface area (TPSA) is 43.0 Å². The summed E-state index contributed by atoms with van der Waals surface area (Å²) in [6.45, 7) is 7.80. The highest BCUT2D eigenvalue weighted by Gasteiger charge is 2.09. The van der Waals surface area contributed by atoms with Gasteiger partial charge in [-0.25, -0.2) is 0 Å². The molecule has 0 aliphatic rings. The summed E-state index contributed by atoms with van der Waals surface area (Å²) in [7, 11) is 0. The van der Waals surface area contributed by atoms with Gasteiger partial charge in [0.15, 0.2) is 0 Å². The average molecular weight is 359 g/mol. The quantitative estimate of drug-likeness (QED) is 0.835. The highest BCUT2D eigenvalue weighted by Crippen LogP contribution is 2.16. The molecule has 0 amide bonds. The summed E-state index contributed by atoms with van der Waals surface area (Å²) < 4.78 is 8.88. The van der Waals surface area contributed by atoms with E-state index in [9.17, 15) is 0 Å². The molecule has 0 aliphatic heterocycles. The van der Waals surface area contributed by atoms with Crippen LogP contribution in [0.15, 0.2) is 22.9 Å². The molecule has 0 spiro atoms. The van der Waals surface area contributed by atoms with Crippen molar-refractivity contribution >= 4 is 22.6 Å². The predicted octanol–water partition coefficient (Wildman–Crippen LogP) is 2.94. The van der Waals surface area contributed by atoms with E-state index in [-0.39, 0.29) is 0 Å². The molecular formula is C13H18IN3O. The van der Waals surface area contributed by atoms with Crippen LogP contribution in [0.5, 0.6) is 0 Å². The number of hydrogen-bond acceptors (Lipinski definition) is 3. The van der Waals surface area contributed by atoms with Crippen molar-refractivity contribution in [3.8, 4) is 0 Å². The van der Waals surface area contributed by atoms with Gasteiger partial charge in [0.1, 0.15) is 11.5 Å². The lowest BCUT2D eigenvalue weighted by Gasteiger charge is -2.06. The molecule has 4 nitrogen and oxygen atoms in total. The van der Waals surface area contributed by atoms with E-state index in [0.717, 1.165) is 21.6 Å². The molecule has 0 unspecified atom stereocenters. The van der Waals surface area contributed by atoms with Crippen LogP contribution in [0, 0.1) is 10.5 Å². The first-order valence-electron chi connectivity index (χ1n) is 6.04. The summed E-state index contributed by atoms with van der Waals surface area (Å²) in [6, 6.07) is 2.55.